The van der Waals surface area contributed by atoms with Gasteiger partial charge < -0.3 is 4.42 Å². The van der Waals surface area contributed by atoms with Crippen LogP contribution in [0, 0.1) is 17.8 Å². The highest BCUT2D eigenvalue weighted by atomic mass is 32.2. The van der Waals surface area contributed by atoms with Crippen LogP contribution >= 0.6 is 11.8 Å². The summed E-state index contributed by atoms with van der Waals surface area (Å²) < 4.78 is 6.13. The zero-order valence-corrected chi connectivity index (χ0v) is 14.1. The molecule has 1 aromatic heterocycles. The zero-order chi connectivity index (χ0) is 15.3. The normalized spacial score (nSPS) is 34.9. The van der Waals surface area contributed by atoms with Gasteiger partial charge in [-0.3, -0.25) is 0 Å². The average Bonchev–Trinajstić information content (AvgIpc) is 3.02. The predicted molar refractivity (Wildman–Crippen MR) is 90.2 cm³/mol. The van der Waals surface area contributed by atoms with Crippen LogP contribution in [0.1, 0.15) is 50.0 Å². The van der Waals surface area contributed by atoms with Crippen molar-refractivity contribution in [1.82, 2.24) is 10.2 Å². The monoisotopic (exact) mass is 326 g/mol. The summed E-state index contributed by atoms with van der Waals surface area (Å²) in [4.78, 5) is 0. The van der Waals surface area contributed by atoms with E-state index in [4.69, 9.17) is 4.42 Å². The van der Waals surface area contributed by atoms with Gasteiger partial charge in [0.1, 0.15) is 0 Å². The molecule has 4 fully saturated rings. The third-order valence-electron chi connectivity index (χ3n) is 6.10. The fourth-order valence-electron chi connectivity index (χ4n) is 5.57. The van der Waals surface area contributed by atoms with Gasteiger partial charge in [0, 0.05) is 11.2 Å². The van der Waals surface area contributed by atoms with Crippen molar-refractivity contribution in [2.75, 3.05) is 0 Å². The summed E-state index contributed by atoms with van der Waals surface area (Å²) in [6, 6.07) is 10.5. The van der Waals surface area contributed by atoms with Gasteiger partial charge in [-0.25, -0.2) is 0 Å². The van der Waals surface area contributed by atoms with Crippen LogP contribution in [0.3, 0.4) is 0 Å². The minimum atomic E-state index is 0.216. The number of aromatic nitrogens is 2. The molecule has 0 atom stereocenters. The van der Waals surface area contributed by atoms with Gasteiger partial charge in [0.05, 0.1) is 0 Å². The van der Waals surface area contributed by atoms with Gasteiger partial charge in [-0.15, -0.1) is 10.2 Å². The lowest BCUT2D eigenvalue weighted by Crippen LogP contribution is -2.48. The van der Waals surface area contributed by atoms with Gasteiger partial charge in [0.25, 0.3) is 5.22 Å². The summed E-state index contributed by atoms with van der Waals surface area (Å²) in [6.07, 6.45) is 8.19. The second-order valence-electron chi connectivity index (χ2n) is 7.85. The van der Waals surface area contributed by atoms with E-state index in [0.717, 1.165) is 34.6 Å². The standard InChI is InChI=1S/C19H22N2OS/c1-2-4-13(5-3-1)12-23-18-21-20-17(22-18)19-9-14-6-15(10-19)8-16(7-14)11-19/h1-5,14-16H,6-12H2. The van der Waals surface area contributed by atoms with Crippen molar-refractivity contribution in [3.8, 4) is 0 Å². The van der Waals surface area contributed by atoms with E-state index in [0.29, 0.717) is 0 Å². The highest BCUT2D eigenvalue weighted by molar-refractivity contribution is 7.98. The molecule has 0 amide bonds. The fourth-order valence-corrected chi connectivity index (χ4v) is 6.29. The van der Waals surface area contributed by atoms with Crippen LogP contribution in [0.25, 0.3) is 0 Å². The molecule has 6 rings (SSSR count). The minimum Gasteiger partial charge on any atom is -0.415 e. The third kappa shape index (κ3) is 2.51. The fraction of sp³-hybridized carbons (Fsp3) is 0.579. The number of nitrogens with zero attached hydrogens (tertiary/aromatic N) is 2. The Kier molecular flexibility index (Phi) is 3.29. The maximum absolute atomic E-state index is 6.13. The van der Waals surface area contributed by atoms with Gasteiger partial charge in [0.2, 0.25) is 5.89 Å². The lowest BCUT2D eigenvalue weighted by atomic mass is 9.49. The molecule has 0 spiro atoms. The van der Waals surface area contributed by atoms with E-state index in [-0.39, 0.29) is 5.41 Å². The highest BCUT2D eigenvalue weighted by Gasteiger charge is 2.54. The molecule has 2 aromatic rings. The first-order valence-electron chi connectivity index (χ1n) is 8.80. The molecule has 4 bridgehead atoms. The molecule has 0 unspecified atom stereocenters. The lowest BCUT2D eigenvalue weighted by molar-refractivity contribution is -0.0191. The lowest BCUT2D eigenvalue weighted by Gasteiger charge is -2.55. The van der Waals surface area contributed by atoms with Crippen LogP contribution in [0.5, 0.6) is 0 Å². The average molecular weight is 326 g/mol. The summed E-state index contributed by atoms with van der Waals surface area (Å²) in [5, 5.41) is 9.55. The number of benzene rings is 1. The Morgan fingerprint density at radius 1 is 0.957 bits per heavy atom. The van der Waals surface area contributed by atoms with Crippen molar-refractivity contribution in [2.45, 2.75) is 54.9 Å². The van der Waals surface area contributed by atoms with E-state index < -0.39 is 0 Å². The first-order chi connectivity index (χ1) is 11.3. The molecule has 0 saturated heterocycles. The highest BCUT2D eigenvalue weighted by Crippen LogP contribution is 2.60. The summed E-state index contributed by atoms with van der Waals surface area (Å²) in [6.45, 7) is 0. The molecule has 4 saturated carbocycles. The molecule has 4 heteroatoms. The smallest absolute Gasteiger partial charge is 0.276 e. The van der Waals surface area contributed by atoms with Crippen LogP contribution in [0.15, 0.2) is 40.0 Å². The van der Waals surface area contributed by atoms with E-state index in [2.05, 4.69) is 34.5 Å². The number of hydrogen-bond donors (Lipinski definition) is 0. The topological polar surface area (TPSA) is 38.9 Å². The second-order valence-corrected chi connectivity index (χ2v) is 8.77. The molecule has 120 valence electrons. The molecule has 0 N–H and O–H groups in total. The molecule has 23 heavy (non-hydrogen) atoms. The van der Waals surface area contributed by atoms with E-state index in [1.807, 2.05) is 6.07 Å². The van der Waals surface area contributed by atoms with Gasteiger partial charge in [0.15, 0.2) is 0 Å². The van der Waals surface area contributed by atoms with Gasteiger partial charge in [-0.05, 0) is 61.8 Å². The molecular formula is C19H22N2OS. The minimum absolute atomic E-state index is 0.216. The Morgan fingerprint density at radius 3 is 2.26 bits per heavy atom. The Bertz CT molecular complexity index is 661. The SMILES string of the molecule is c1ccc(CSc2nnc(C34CC5CC(CC(C5)C3)C4)o2)cc1. The molecule has 1 heterocycles. The largest absolute Gasteiger partial charge is 0.415 e. The van der Waals surface area contributed by atoms with Crippen molar-refractivity contribution in [1.29, 1.82) is 0 Å². The summed E-state index contributed by atoms with van der Waals surface area (Å²) in [7, 11) is 0. The Balaban J connectivity index is 1.33. The van der Waals surface area contributed by atoms with Crippen LogP contribution in [-0.4, -0.2) is 10.2 Å². The van der Waals surface area contributed by atoms with Crippen LogP contribution in [0.4, 0.5) is 0 Å². The molecule has 0 radical (unpaired) electrons. The van der Waals surface area contributed by atoms with Crippen LogP contribution in [0.2, 0.25) is 0 Å². The number of rotatable bonds is 4. The first kappa shape index (κ1) is 14.1. The number of thioether (sulfide) groups is 1. The molecule has 4 aliphatic rings. The van der Waals surface area contributed by atoms with Crippen molar-refractivity contribution in [2.24, 2.45) is 17.8 Å². The zero-order valence-electron chi connectivity index (χ0n) is 13.3. The third-order valence-corrected chi connectivity index (χ3v) is 6.99. The summed E-state index contributed by atoms with van der Waals surface area (Å²) in [5.41, 5.74) is 1.51. The van der Waals surface area contributed by atoms with Crippen molar-refractivity contribution < 1.29 is 4.42 Å². The van der Waals surface area contributed by atoms with E-state index in [1.54, 1.807) is 11.8 Å². The Morgan fingerprint density at radius 2 is 1.61 bits per heavy atom. The maximum atomic E-state index is 6.13. The molecule has 3 nitrogen and oxygen atoms in total. The Labute approximate surface area is 141 Å². The van der Waals surface area contributed by atoms with Crippen LogP contribution < -0.4 is 0 Å². The molecule has 4 aliphatic carbocycles. The van der Waals surface area contributed by atoms with Crippen molar-refractivity contribution >= 4 is 11.8 Å². The van der Waals surface area contributed by atoms with Gasteiger partial charge in [-0.2, -0.15) is 0 Å². The first-order valence-corrected chi connectivity index (χ1v) is 9.78. The summed E-state index contributed by atoms with van der Waals surface area (Å²) in [5.74, 6) is 4.56. The van der Waals surface area contributed by atoms with E-state index in [9.17, 15) is 0 Å². The Hall–Kier alpha value is -1.29. The van der Waals surface area contributed by atoms with E-state index in [1.165, 1.54) is 44.1 Å². The van der Waals surface area contributed by atoms with Crippen molar-refractivity contribution in [3.05, 3.63) is 41.8 Å². The van der Waals surface area contributed by atoms with Crippen LogP contribution in [-0.2, 0) is 11.2 Å². The predicted octanol–water partition coefficient (Wildman–Crippen LogP) is 4.83. The molecular weight excluding hydrogens is 304 g/mol. The van der Waals surface area contributed by atoms with Crippen molar-refractivity contribution in [3.63, 3.8) is 0 Å². The van der Waals surface area contributed by atoms with E-state index >= 15 is 0 Å². The van der Waals surface area contributed by atoms with Gasteiger partial charge >= 0.3 is 0 Å². The molecule has 0 aliphatic heterocycles. The maximum Gasteiger partial charge on any atom is 0.276 e. The summed E-state index contributed by atoms with van der Waals surface area (Å²) >= 11 is 1.66. The number of hydrogen-bond acceptors (Lipinski definition) is 4. The second kappa shape index (κ2) is 5.37. The molecule has 1 aromatic carbocycles. The quantitative estimate of drug-likeness (QED) is 0.754. The van der Waals surface area contributed by atoms with Gasteiger partial charge in [-0.1, -0.05) is 42.1 Å².